The molecule has 0 radical (unpaired) electrons. The van der Waals surface area contributed by atoms with Crippen molar-refractivity contribution < 1.29 is 4.79 Å². The second-order valence-corrected chi connectivity index (χ2v) is 12.1. The van der Waals surface area contributed by atoms with Gasteiger partial charge in [-0.25, -0.2) is 4.98 Å². The minimum Gasteiger partial charge on any atom is -0.358 e. The highest BCUT2D eigenvalue weighted by molar-refractivity contribution is 5.95. The van der Waals surface area contributed by atoms with Gasteiger partial charge in [0.05, 0.1) is 11.7 Å². The van der Waals surface area contributed by atoms with Crippen LogP contribution >= 0.6 is 0 Å². The Kier molecular flexibility index (Phi) is 7.47. The number of hydrogen-bond donors (Lipinski definition) is 3. The van der Waals surface area contributed by atoms with Crippen LogP contribution < -0.4 is 21.5 Å². The van der Waals surface area contributed by atoms with Crippen LogP contribution in [0.3, 0.4) is 0 Å². The predicted molar refractivity (Wildman–Crippen MR) is 158 cm³/mol. The molecule has 1 amide bonds. The normalized spacial score (nSPS) is 19.9. The van der Waals surface area contributed by atoms with Crippen molar-refractivity contribution in [1.29, 1.82) is 0 Å². The van der Waals surface area contributed by atoms with Crippen LogP contribution in [-0.4, -0.2) is 59.1 Å². The molecule has 3 fully saturated rings. The van der Waals surface area contributed by atoms with Gasteiger partial charge in [0, 0.05) is 43.6 Å². The number of carbonyl (C=O) groups excluding carboxylic acids is 1. The second-order valence-electron chi connectivity index (χ2n) is 12.1. The Morgan fingerprint density at radius 3 is 2.55 bits per heavy atom. The maximum atomic E-state index is 13.8. The van der Waals surface area contributed by atoms with Crippen molar-refractivity contribution in [3.05, 3.63) is 88.0 Å². The molecule has 1 spiro atoms. The van der Waals surface area contributed by atoms with Crippen LogP contribution in [0.4, 0.5) is 5.82 Å². The number of nitrogens with zero attached hydrogens (tertiary/aromatic N) is 3. The third-order valence-corrected chi connectivity index (χ3v) is 8.97. The van der Waals surface area contributed by atoms with Gasteiger partial charge in [0.2, 0.25) is 0 Å². The Morgan fingerprint density at radius 1 is 1.12 bits per heavy atom. The first-order valence-electron chi connectivity index (χ1n) is 14.6. The molecule has 2 atom stereocenters. The van der Waals surface area contributed by atoms with Crippen molar-refractivity contribution in [3.8, 4) is 5.69 Å². The van der Waals surface area contributed by atoms with E-state index < -0.39 is 0 Å². The summed E-state index contributed by atoms with van der Waals surface area (Å²) in [6.07, 6.45) is 7.89. The summed E-state index contributed by atoms with van der Waals surface area (Å²) < 4.78 is 1.60. The summed E-state index contributed by atoms with van der Waals surface area (Å²) in [5, 5.41) is 10.0. The number of hydrogen-bond acceptors (Lipinski definition) is 6. The van der Waals surface area contributed by atoms with Crippen molar-refractivity contribution in [2.75, 3.05) is 38.0 Å². The molecule has 3 N–H and O–H groups in total. The predicted octanol–water partition coefficient (Wildman–Crippen LogP) is 3.91. The minimum atomic E-state index is -0.226. The fourth-order valence-electron chi connectivity index (χ4n) is 6.12. The van der Waals surface area contributed by atoms with Gasteiger partial charge in [-0.2, -0.15) is 0 Å². The first-order valence-corrected chi connectivity index (χ1v) is 14.6. The number of aryl methyl sites for hydroxylation is 1. The summed E-state index contributed by atoms with van der Waals surface area (Å²) in [5.41, 5.74) is 3.59. The Balaban J connectivity index is 1.24. The van der Waals surface area contributed by atoms with Crippen molar-refractivity contribution in [3.63, 3.8) is 0 Å². The van der Waals surface area contributed by atoms with Gasteiger partial charge in [-0.15, -0.1) is 0 Å². The highest BCUT2D eigenvalue weighted by atomic mass is 16.2. The lowest BCUT2D eigenvalue weighted by molar-refractivity contribution is 0.0480. The van der Waals surface area contributed by atoms with Gasteiger partial charge in [0.15, 0.2) is 5.82 Å². The van der Waals surface area contributed by atoms with Crippen LogP contribution in [0.25, 0.3) is 5.69 Å². The fraction of sp³-hybridized carbons (Fsp3) is 0.469. The van der Waals surface area contributed by atoms with E-state index in [0.29, 0.717) is 22.5 Å². The molecule has 8 nitrogen and oxygen atoms in total. The lowest BCUT2D eigenvalue weighted by Gasteiger charge is -2.49. The summed E-state index contributed by atoms with van der Waals surface area (Å²) in [4.78, 5) is 33.6. The lowest BCUT2D eigenvalue weighted by atomic mass is 9.73. The topological polar surface area (TPSA) is 91.3 Å². The maximum Gasteiger partial charge on any atom is 0.297 e. The van der Waals surface area contributed by atoms with Gasteiger partial charge < -0.3 is 20.9 Å². The molecule has 3 aromatic rings. The molecule has 210 valence electrons. The number of aromatic nitrogens is 2. The largest absolute Gasteiger partial charge is 0.358 e. The van der Waals surface area contributed by atoms with E-state index in [-0.39, 0.29) is 29.5 Å². The number of carbonyl (C=O) groups is 1. The van der Waals surface area contributed by atoms with Gasteiger partial charge in [0.1, 0.15) is 0 Å². The smallest absolute Gasteiger partial charge is 0.297 e. The van der Waals surface area contributed by atoms with Crippen LogP contribution in [-0.2, 0) is 0 Å². The molecule has 2 aliphatic heterocycles. The number of benzene rings is 2. The van der Waals surface area contributed by atoms with Gasteiger partial charge >= 0.3 is 0 Å². The van der Waals surface area contributed by atoms with E-state index in [2.05, 4.69) is 44.9 Å². The van der Waals surface area contributed by atoms with E-state index in [1.807, 2.05) is 37.3 Å². The number of likely N-dealkylation sites (tertiary alicyclic amines) is 1. The molecule has 8 heteroatoms. The average molecular weight is 541 g/mol. The quantitative estimate of drug-likeness (QED) is 0.381. The molecular weight excluding hydrogens is 500 g/mol. The molecule has 6 rings (SSSR count). The van der Waals surface area contributed by atoms with Crippen molar-refractivity contribution >= 4 is 11.7 Å². The average Bonchev–Trinajstić information content (AvgIpc) is 3.77. The zero-order chi connectivity index (χ0) is 27.7. The molecule has 1 saturated carbocycles. The van der Waals surface area contributed by atoms with Gasteiger partial charge in [-0.1, -0.05) is 43.3 Å². The number of piperidine rings is 1. The van der Waals surface area contributed by atoms with Crippen molar-refractivity contribution in [2.45, 2.75) is 51.6 Å². The summed E-state index contributed by atoms with van der Waals surface area (Å²) in [7, 11) is 0. The van der Waals surface area contributed by atoms with E-state index in [0.717, 1.165) is 56.7 Å². The van der Waals surface area contributed by atoms with E-state index in [1.165, 1.54) is 12.8 Å². The first kappa shape index (κ1) is 26.7. The van der Waals surface area contributed by atoms with Crippen LogP contribution in [0.1, 0.15) is 60.1 Å². The Morgan fingerprint density at radius 2 is 1.88 bits per heavy atom. The monoisotopic (exact) mass is 540 g/mol. The Labute approximate surface area is 236 Å². The SMILES string of the molecule is Cc1ccc(C(=O)NC2CC2)cc1-n1ccnc(N[C@@H](c2ccccc2)[C@@H](C)CN2CCC3(CC2)CNC3)c1=O. The third kappa shape index (κ3) is 5.69. The summed E-state index contributed by atoms with van der Waals surface area (Å²) >= 11 is 0. The van der Waals surface area contributed by atoms with E-state index in [9.17, 15) is 9.59 Å². The zero-order valence-corrected chi connectivity index (χ0v) is 23.5. The standard InChI is InChI=1S/C32H40N6O2/c1-22-8-9-25(30(39)35-26-10-11-26)18-27(22)38-17-14-34-29(31(38)40)36-28(24-6-4-3-5-7-24)23(2)19-37-15-12-32(13-16-37)20-33-21-32/h3-9,14,17-18,23,26,28,33H,10-13,15-16,19-21H2,1-2H3,(H,34,36)(H,35,39)/t23-,28+/m0/s1. The van der Waals surface area contributed by atoms with Gasteiger partial charge in [0.25, 0.3) is 11.5 Å². The first-order chi connectivity index (χ1) is 19.4. The van der Waals surface area contributed by atoms with Crippen LogP contribution in [0.15, 0.2) is 65.7 Å². The summed E-state index contributed by atoms with van der Waals surface area (Å²) in [6, 6.07) is 16.1. The Hall–Kier alpha value is -3.49. The van der Waals surface area contributed by atoms with Crippen molar-refractivity contribution in [2.24, 2.45) is 11.3 Å². The molecule has 0 unspecified atom stereocenters. The minimum absolute atomic E-state index is 0.0738. The molecular formula is C32H40N6O2. The molecule has 2 aromatic carbocycles. The van der Waals surface area contributed by atoms with E-state index in [1.54, 1.807) is 23.0 Å². The highest BCUT2D eigenvalue weighted by Crippen LogP contribution is 2.36. The van der Waals surface area contributed by atoms with E-state index >= 15 is 0 Å². The van der Waals surface area contributed by atoms with Crippen LogP contribution in [0.2, 0.25) is 0 Å². The van der Waals surface area contributed by atoms with E-state index in [4.69, 9.17) is 0 Å². The molecule has 1 aromatic heterocycles. The fourth-order valence-corrected chi connectivity index (χ4v) is 6.12. The molecule has 40 heavy (non-hydrogen) atoms. The maximum absolute atomic E-state index is 13.8. The zero-order valence-electron chi connectivity index (χ0n) is 23.5. The molecule has 3 aliphatic rings. The summed E-state index contributed by atoms with van der Waals surface area (Å²) in [6.45, 7) is 9.72. The Bertz CT molecular complexity index is 1400. The molecule has 2 saturated heterocycles. The van der Waals surface area contributed by atoms with Crippen LogP contribution in [0.5, 0.6) is 0 Å². The van der Waals surface area contributed by atoms with Gasteiger partial charge in [-0.05, 0) is 80.3 Å². The van der Waals surface area contributed by atoms with Gasteiger partial charge in [-0.3, -0.25) is 14.2 Å². The lowest BCUT2D eigenvalue weighted by Crippen LogP contribution is -2.58. The van der Waals surface area contributed by atoms with Crippen molar-refractivity contribution in [1.82, 2.24) is 25.1 Å². The highest BCUT2D eigenvalue weighted by Gasteiger charge is 2.40. The second kappa shape index (κ2) is 11.2. The van der Waals surface area contributed by atoms with Crippen LogP contribution in [0, 0.1) is 18.3 Å². The number of amides is 1. The molecule has 1 aliphatic carbocycles. The summed E-state index contributed by atoms with van der Waals surface area (Å²) in [5.74, 6) is 0.468. The molecule has 0 bridgehead atoms. The number of nitrogens with one attached hydrogen (secondary N) is 3. The number of rotatable bonds is 9. The number of anilines is 1. The third-order valence-electron chi connectivity index (χ3n) is 8.97. The molecule has 3 heterocycles.